The van der Waals surface area contributed by atoms with Gasteiger partial charge in [0.05, 0.1) is 6.10 Å². The molecule has 0 saturated heterocycles. The molecule has 1 saturated carbocycles. The van der Waals surface area contributed by atoms with Crippen LogP contribution in [0.1, 0.15) is 18.4 Å². The van der Waals surface area contributed by atoms with Crippen LogP contribution in [0.25, 0.3) is 0 Å². The normalized spacial score (nSPS) is 18.7. The molecule has 18 heavy (non-hydrogen) atoms. The Morgan fingerprint density at radius 2 is 1.89 bits per heavy atom. The molecule has 1 fully saturated rings. The van der Waals surface area contributed by atoms with Crippen LogP contribution in [0.4, 0.5) is 8.78 Å². The third-order valence-electron chi connectivity index (χ3n) is 3.08. The lowest BCUT2D eigenvalue weighted by Gasteiger charge is -2.19. The maximum absolute atomic E-state index is 13.0. The highest BCUT2D eigenvalue weighted by molar-refractivity contribution is 5.19. The molecule has 0 spiro atoms. The van der Waals surface area contributed by atoms with Crippen molar-refractivity contribution in [3.05, 3.63) is 35.4 Å². The molecule has 1 aromatic rings. The first kappa shape index (κ1) is 13.4. The van der Waals surface area contributed by atoms with Crippen LogP contribution < -0.4 is 11.1 Å². The molecule has 0 heterocycles. The fourth-order valence-corrected chi connectivity index (χ4v) is 1.86. The van der Waals surface area contributed by atoms with E-state index in [2.05, 4.69) is 5.32 Å². The minimum Gasteiger partial charge on any atom is -0.390 e. The highest BCUT2D eigenvalue weighted by atomic mass is 19.1. The first-order chi connectivity index (χ1) is 8.54. The molecule has 4 N–H and O–H groups in total. The lowest BCUT2D eigenvalue weighted by atomic mass is 10.0. The van der Waals surface area contributed by atoms with Gasteiger partial charge in [-0.25, -0.2) is 8.78 Å². The van der Waals surface area contributed by atoms with Crippen LogP contribution in [-0.2, 0) is 6.42 Å². The van der Waals surface area contributed by atoms with Crippen molar-refractivity contribution in [1.82, 2.24) is 5.32 Å². The number of hydrogen-bond acceptors (Lipinski definition) is 3. The van der Waals surface area contributed by atoms with Crippen LogP contribution in [0.2, 0.25) is 0 Å². The van der Waals surface area contributed by atoms with Gasteiger partial charge in [0.15, 0.2) is 0 Å². The van der Waals surface area contributed by atoms with Crippen molar-refractivity contribution in [3.63, 3.8) is 0 Å². The van der Waals surface area contributed by atoms with E-state index >= 15 is 0 Å². The van der Waals surface area contributed by atoms with Gasteiger partial charge in [0, 0.05) is 24.7 Å². The Morgan fingerprint density at radius 1 is 1.28 bits per heavy atom. The molecule has 5 heteroatoms. The van der Waals surface area contributed by atoms with Crippen LogP contribution in [0.5, 0.6) is 0 Å². The quantitative estimate of drug-likeness (QED) is 0.710. The molecule has 100 valence electrons. The first-order valence-corrected chi connectivity index (χ1v) is 6.16. The zero-order chi connectivity index (χ0) is 13.1. The molecule has 2 rings (SSSR count). The Bertz CT molecular complexity index is 390. The number of nitrogens with two attached hydrogens (primary N) is 1. The van der Waals surface area contributed by atoms with Gasteiger partial charge in [0.25, 0.3) is 0 Å². The summed E-state index contributed by atoms with van der Waals surface area (Å²) in [6.07, 6.45) is 1.81. The van der Waals surface area contributed by atoms with E-state index in [-0.39, 0.29) is 6.42 Å². The summed E-state index contributed by atoms with van der Waals surface area (Å²) in [5.74, 6) is -1.24. The molecule has 1 aliphatic rings. The summed E-state index contributed by atoms with van der Waals surface area (Å²) in [5.41, 5.74) is 6.28. The molecule has 0 aliphatic heterocycles. The first-order valence-electron chi connectivity index (χ1n) is 6.16. The third kappa shape index (κ3) is 4.01. The molecule has 3 nitrogen and oxygen atoms in total. The van der Waals surface area contributed by atoms with Gasteiger partial charge < -0.3 is 16.2 Å². The Morgan fingerprint density at radius 3 is 2.44 bits per heavy atom. The van der Waals surface area contributed by atoms with Crippen molar-refractivity contribution < 1.29 is 13.9 Å². The van der Waals surface area contributed by atoms with E-state index in [9.17, 15) is 13.9 Å². The fourth-order valence-electron chi connectivity index (χ4n) is 1.86. The molecule has 1 aromatic carbocycles. The maximum Gasteiger partial charge on any atom is 0.126 e. The summed E-state index contributed by atoms with van der Waals surface area (Å²) < 4.78 is 26.0. The van der Waals surface area contributed by atoms with E-state index < -0.39 is 23.8 Å². The van der Waals surface area contributed by atoms with Gasteiger partial charge in [0.1, 0.15) is 11.6 Å². The van der Waals surface area contributed by atoms with E-state index in [0.29, 0.717) is 18.2 Å². The average Bonchev–Trinajstić information content (AvgIpc) is 3.07. The minimum atomic E-state index is -0.711. The fraction of sp³-hybridized carbons (Fsp3) is 0.538. The predicted molar refractivity (Wildman–Crippen MR) is 65.1 cm³/mol. The van der Waals surface area contributed by atoms with Gasteiger partial charge in [0.2, 0.25) is 0 Å². The van der Waals surface area contributed by atoms with Crippen molar-refractivity contribution >= 4 is 0 Å². The molecule has 2 atom stereocenters. The van der Waals surface area contributed by atoms with Crippen molar-refractivity contribution in [2.24, 2.45) is 5.73 Å². The minimum absolute atomic E-state index is 0.252. The standard InChI is InChI=1S/C13H18F2N2O/c14-9-3-8(4-10(15)6-9)5-12(16)13(18)7-17-11-1-2-11/h3-4,6,11-13,17-18H,1-2,5,7,16H2/t12-,13+/m0/s1. The Balaban J connectivity index is 1.86. The summed E-state index contributed by atoms with van der Waals surface area (Å²) in [4.78, 5) is 0. The highest BCUT2D eigenvalue weighted by Gasteiger charge is 2.23. The molecular weight excluding hydrogens is 238 g/mol. The zero-order valence-electron chi connectivity index (χ0n) is 10.1. The zero-order valence-corrected chi connectivity index (χ0v) is 10.1. The SMILES string of the molecule is N[C@@H](Cc1cc(F)cc(F)c1)[C@H](O)CNC1CC1. The lowest BCUT2D eigenvalue weighted by Crippen LogP contribution is -2.43. The summed E-state index contributed by atoms with van der Waals surface area (Å²) >= 11 is 0. The smallest absolute Gasteiger partial charge is 0.126 e. The Kier molecular flexibility index (Phi) is 4.27. The summed E-state index contributed by atoms with van der Waals surface area (Å²) in [6.45, 7) is 0.420. The highest BCUT2D eigenvalue weighted by Crippen LogP contribution is 2.18. The van der Waals surface area contributed by atoms with Crippen LogP contribution in [0.3, 0.4) is 0 Å². The van der Waals surface area contributed by atoms with E-state index in [1.54, 1.807) is 0 Å². The van der Waals surface area contributed by atoms with E-state index in [1.165, 1.54) is 12.1 Å². The van der Waals surface area contributed by atoms with Crippen LogP contribution >= 0.6 is 0 Å². The van der Waals surface area contributed by atoms with Crippen molar-refractivity contribution in [3.8, 4) is 0 Å². The second-order valence-electron chi connectivity index (χ2n) is 4.90. The van der Waals surface area contributed by atoms with E-state index in [0.717, 1.165) is 18.9 Å². The predicted octanol–water partition coefficient (Wildman–Crippen LogP) is 0.947. The topological polar surface area (TPSA) is 58.3 Å². The number of halogens is 2. The lowest BCUT2D eigenvalue weighted by molar-refractivity contribution is 0.141. The number of aliphatic hydroxyl groups is 1. The van der Waals surface area contributed by atoms with Gasteiger partial charge in [-0.3, -0.25) is 0 Å². The summed E-state index contributed by atoms with van der Waals surface area (Å²) in [5, 5.41) is 13.0. The number of benzene rings is 1. The van der Waals surface area contributed by atoms with Crippen LogP contribution in [0, 0.1) is 11.6 Å². The van der Waals surface area contributed by atoms with Gasteiger partial charge in [-0.15, -0.1) is 0 Å². The molecule has 0 radical (unpaired) electrons. The second kappa shape index (κ2) is 5.73. The monoisotopic (exact) mass is 256 g/mol. The molecule has 0 amide bonds. The Labute approximate surface area is 105 Å². The van der Waals surface area contributed by atoms with Crippen molar-refractivity contribution in [2.45, 2.75) is 37.5 Å². The van der Waals surface area contributed by atoms with Gasteiger partial charge in [-0.05, 0) is 37.0 Å². The van der Waals surface area contributed by atoms with Crippen molar-refractivity contribution in [1.29, 1.82) is 0 Å². The van der Waals surface area contributed by atoms with Crippen LogP contribution in [-0.4, -0.2) is 29.8 Å². The number of rotatable bonds is 6. The number of aliphatic hydroxyl groups excluding tert-OH is 1. The Hall–Kier alpha value is -1.04. The van der Waals surface area contributed by atoms with Gasteiger partial charge >= 0.3 is 0 Å². The third-order valence-corrected chi connectivity index (χ3v) is 3.08. The van der Waals surface area contributed by atoms with E-state index in [1.807, 2.05) is 0 Å². The second-order valence-corrected chi connectivity index (χ2v) is 4.90. The number of nitrogens with one attached hydrogen (secondary N) is 1. The summed E-state index contributed by atoms with van der Waals surface area (Å²) in [7, 11) is 0. The van der Waals surface area contributed by atoms with Gasteiger partial charge in [-0.2, -0.15) is 0 Å². The molecule has 0 unspecified atom stereocenters. The van der Waals surface area contributed by atoms with Crippen LogP contribution in [0.15, 0.2) is 18.2 Å². The molecule has 0 bridgehead atoms. The number of hydrogen-bond donors (Lipinski definition) is 3. The molecule has 0 aromatic heterocycles. The molecular formula is C13H18F2N2O. The average molecular weight is 256 g/mol. The molecule has 1 aliphatic carbocycles. The van der Waals surface area contributed by atoms with Gasteiger partial charge in [-0.1, -0.05) is 0 Å². The summed E-state index contributed by atoms with van der Waals surface area (Å²) in [6, 6.07) is 3.27. The largest absolute Gasteiger partial charge is 0.390 e. The van der Waals surface area contributed by atoms with E-state index in [4.69, 9.17) is 5.73 Å². The van der Waals surface area contributed by atoms with Crippen molar-refractivity contribution in [2.75, 3.05) is 6.54 Å². The maximum atomic E-state index is 13.0.